The second kappa shape index (κ2) is 6.05. The van der Waals surface area contributed by atoms with Crippen LogP contribution in [0.1, 0.15) is 50.6 Å². The van der Waals surface area contributed by atoms with Crippen LogP contribution in [0.15, 0.2) is 18.3 Å². The van der Waals surface area contributed by atoms with Gasteiger partial charge in [-0.1, -0.05) is 26.0 Å². The molecule has 0 fully saturated rings. The van der Waals surface area contributed by atoms with Crippen molar-refractivity contribution < 1.29 is 1.43 Å². The van der Waals surface area contributed by atoms with E-state index in [9.17, 15) is 0 Å². The van der Waals surface area contributed by atoms with E-state index in [1.807, 2.05) is 27.0 Å². The zero-order valence-corrected chi connectivity index (χ0v) is 12.5. The summed E-state index contributed by atoms with van der Waals surface area (Å²) in [6.07, 6.45) is 7.05. The van der Waals surface area contributed by atoms with E-state index in [-0.39, 0.29) is 1.43 Å². The van der Waals surface area contributed by atoms with Gasteiger partial charge in [0.05, 0.1) is 11.9 Å². The molecule has 1 aliphatic carbocycles. The molecule has 1 aromatic heterocycles. The highest BCUT2D eigenvalue weighted by molar-refractivity contribution is 5.66. The number of rotatable bonds is 1. The summed E-state index contributed by atoms with van der Waals surface area (Å²) in [5.74, 6) is 0.991. The summed E-state index contributed by atoms with van der Waals surface area (Å²) < 4.78 is 0. The smallest absolute Gasteiger partial charge is 0.103 e. The fourth-order valence-corrected chi connectivity index (χ4v) is 2.86. The number of imidazole rings is 1. The van der Waals surface area contributed by atoms with Gasteiger partial charge in [0.1, 0.15) is 5.82 Å². The van der Waals surface area contributed by atoms with Crippen molar-refractivity contribution in [2.45, 2.75) is 53.4 Å². The van der Waals surface area contributed by atoms with Crippen molar-refractivity contribution >= 4 is 0 Å². The predicted molar refractivity (Wildman–Crippen MR) is 83.6 cm³/mol. The van der Waals surface area contributed by atoms with Gasteiger partial charge in [-0.25, -0.2) is 4.98 Å². The lowest BCUT2D eigenvalue weighted by Gasteiger charge is -2.21. The molecular weight excluding hydrogens is 232 g/mol. The highest BCUT2D eigenvalue weighted by Gasteiger charge is 2.16. The Labute approximate surface area is 117 Å². The Morgan fingerprint density at radius 1 is 1.05 bits per heavy atom. The maximum absolute atomic E-state index is 4.31. The Morgan fingerprint density at radius 2 is 1.74 bits per heavy atom. The van der Waals surface area contributed by atoms with Crippen molar-refractivity contribution in [1.29, 1.82) is 0 Å². The molecular formula is C17H26N2. The first kappa shape index (κ1) is 13.9. The summed E-state index contributed by atoms with van der Waals surface area (Å²) in [7, 11) is 0. The molecule has 2 aromatic rings. The topological polar surface area (TPSA) is 28.7 Å². The van der Waals surface area contributed by atoms with Gasteiger partial charge in [0.25, 0.3) is 0 Å². The van der Waals surface area contributed by atoms with Gasteiger partial charge >= 0.3 is 0 Å². The molecule has 1 aromatic carbocycles. The van der Waals surface area contributed by atoms with Gasteiger partial charge in [-0.15, -0.1) is 0 Å². The third-order valence-corrected chi connectivity index (χ3v) is 3.76. The minimum Gasteiger partial charge on any atom is -0.342 e. The minimum absolute atomic E-state index is 0. The van der Waals surface area contributed by atoms with Gasteiger partial charge in [0.15, 0.2) is 0 Å². The Balaban J connectivity index is 0.000000639. The zero-order chi connectivity index (χ0) is 13.8. The minimum atomic E-state index is 0. The van der Waals surface area contributed by atoms with E-state index in [0.29, 0.717) is 0 Å². The average molecular weight is 258 g/mol. The first-order valence-electron chi connectivity index (χ1n) is 7.39. The van der Waals surface area contributed by atoms with E-state index in [1.165, 1.54) is 42.5 Å². The molecule has 104 valence electrons. The van der Waals surface area contributed by atoms with Crippen LogP contribution in [0.25, 0.3) is 11.3 Å². The maximum Gasteiger partial charge on any atom is 0.103 e. The number of benzene rings is 1. The van der Waals surface area contributed by atoms with Gasteiger partial charge in [-0.2, -0.15) is 0 Å². The van der Waals surface area contributed by atoms with Crippen molar-refractivity contribution in [2.75, 3.05) is 0 Å². The number of aryl methyl sites for hydroxylation is 2. The fraction of sp³-hybridized carbons (Fsp3) is 0.471. The molecule has 0 saturated carbocycles. The number of nitrogens with one attached hydrogen (secondary N) is 1. The largest absolute Gasteiger partial charge is 0.342 e. The highest BCUT2D eigenvalue weighted by atomic mass is 14.9. The molecule has 19 heavy (non-hydrogen) atoms. The first-order valence-corrected chi connectivity index (χ1v) is 7.39. The Kier molecular flexibility index (Phi) is 4.41. The van der Waals surface area contributed by atoms with Gasteiger partial charge in [-0.3, -0.25) is 0 Å². The Bertz CT molecular complexity index is 558. The van der Waals surface area contributed by atoms with Crippen LogP contribution >= 0.6 is 0 Å². The number of hydrogen-bond acceptors (Lipinski definition) is 1. The van der Waals surface area contributed by atoms with E-state index in [2.05, 4.69) is 29.0 Å². The lowest BCUT2D eigenvalue weighted by molar-refractivity contribution is 0.683. The molecule has 0 aliphatic heterocycles. The molecule has 0 atom stereocenters. The molecule has 0 amide bonds. The van der Waals surface area contributed by atoms with Gasteiger partial charge in [0, 0.05) is 6.99 Å². The van der Waals surface area contributed by atoms with Gasteiger partial charge < -0.3 is 4.98 Å². The van der Waals surface area contributed by atoms with Crippen LogP contribution < -0.4 is 0 Å². The van der Waals surface area contributed by atoms with E-state index in [4.69, 9.17) is 0 Å². The van der Waals surface area contributed by atoms with E-state index in [1.54, 1.807) is 11.1 Å². The van der Waals surface area contributed by atoms with Crippen molar-refractivity contribution in [2.24, 2.45) is 0 Å². The van der Waals surface area contributed by atoms with Crippen LogP contribution in [-0.2, 0) is 12.8 Å². The van der Waals surface area contributed by atoms with Gasteiger partial charge in [0.2, 0.25) is 0 Å². The number of nitrogens with zero attached hydrogens (tertiary/aromatic N) is 1. The summed E-state index contributed by atoms with van der Waals surface area (Å²) in [5, 5.41) is 0. The molecule has 1 heterocycles. The molecule has 0 saturated heterocycles. The summed E-state index contributed by atoms with van der Waals surface area (Å²) in [6, 6.07) is 4.49. The van der Waals surface area contributed by atoms with Crippen molar-refractivity contribution in [3.05, 3.63) is 40.8 Å². The highest BCUT2D eigenvalue weighted by Crippen LogP contribution is 2.32. The summed E-state index contributed by atoms with van der Waals surface area (Å²) in [4.78, 5) is 7.66. The van der Waals surface area contributed by atoms with Crippen molar-refractivity contribution in [3.63, 3.8) is 0 Å². The molecule has 1 aliphatic rings. The lowest BCUT2D eigenvalue weighted by atomic mass is 9.85. The second-order valence-corrected chi connectivity index (χ2v) is 4.98. The van der Waals surface area contributed by atoms with Crippen LogP contribution in [0.5, 0.6) is 0 Å². The number of H-pyrrole nitrogens is 1. The summed E-state index contributed by atoms with van der Waals surface area (Å²) in [5.41, 5.74) is 7.08. The molecule has 3 rings (SSSR count). The maximum atomic E-state index is 4.31. The third-order valence-electron chi connectivity index (χ3n) is 3.76. The van der Waals surface area contributed by atoms with Crippen LogP contribution in [0.2, 0.25) is 0 Å². The SMILES string of the molecule is CC.Cc1ncc(-c2ccc(C)c3c2CCCC3)[nH]1.[HH]. The molecule has 0 bridgehead atoms. The van der Waals surface area contributed by atoms with Crippen LogP contribution in [0.4, 0.5) is 0 Å². The standard InChI is InChI=1S/C15H18N2.C2H6.H2/c1-10-7-8-14(15-9-16-11(2)17-15)13-6-4-3-5-12(10)13;1-2;/h7-9H,3-6H2,1-2H3,(H,16,17);1-2H3;1H. The molecule has 0 spiro atoms. The quantitative estimate of drug-likeness (QED) is 0.778. The van der Waals surface area contributed by atoms with Crippen molar-refractivity contribution in [3.8, 4) is 11.3 Å². The number of fused-ring (bicyclic) bond motifs is 1. The molecule has 0 unspecified atom stereocenters. The number of aromatic nitrogens is 2. The van der Waals surface area contributed by atoms with Crippen molar-refractivity contribution in [1.82, 2.24) is 9.97 Å². The lowest BCUT2D eigenvalue weighted by Crippen LogP contribution is -2.06. The third kappa shape index (κ3) is 2.73. The predicted octanol–water partition coefficient (Wildman–Crippen LogP) is 4.84. The van der Waals surface area contributed by atoms with Gasteiger partial charge in [-0.05, 0) is 56.2 Å². The van der Waals surface area contributed by atoms with E-state index < -0.39 is 0 Å². The second-order valence-electron chi connectivity index (χ2n) is 4.98. The monoisotopic (exact) mass is 258 g/mol. The molecule has 2 nitrogen and oxygen atoms in total. The summed E-state index contributed by atoms with van der Waals surface area (Å²) >= 11 is 0. The zero-order valence-electron chi connectivity index (χ0n) is 12.5. The molecule has 2 heteroatoms. The van der Waals surface area contributed by atoms with Crippen LogP contribution in [0, 0.1) is 13.8 Å². The Morgan fingerprint density at radius 3 is 2.37 bits per heavy atom. The normalized spacial score (nSPS) is 13.5. The van der Waals surface area contributed by atoms with E-state index in [0.717, 1.165) is 5.82 Å². The number of aromatic amines is 1. The molecule has 1 N–H and O–H groups in total. The number of hydrogen-bond donors (Lipinski definition) is 1. The first-order chi connectivity index (χ1) is 9.25. The van der Waals surface area contributed by atoms with E-state index >= 15 is 0 Å². The summed E-state index contributed by atoms with van der Waals surface area (Å²) in [6.45, 7) is 8.23. The van der Waals surface area contributed by atoms with Crippen LogP contribution in [-0.4, -0.2) is 9.97 Å². The average Bonchev–Trinajstić information content (AvgIpc) is 2.88. The van der Waals surface area contributed by atoms with Crippen LogP contribution in [0.3, 0.4) is 0 Å². The molecule has 0 radical (unpaired) electrons. The fourth-order valence-electron chi connectivity index (χ4n) is 2.86. The Hall–Kier alpha value is -1.57.